The molecule has 0 aromatic heterocycles. The van der Waals surface area contributed by atoms with Gasteiger partial charge in [-0.2, -0.15) is 0 Å². The second-order valence-corrected chi connectivity index (χ2v) is 5.69. The van der Waals surface area contributed by atoms with Crippen molar-refractivity contribution < 1.29 is 0 Å². The van der Waals surface area contributed by atoms with Crippen LogP contribution in [0.25, 0.3) is 0 Å². The van der Waals surface area contributed by atoms with Crippen molar-refractivity contribution in [1.82, 2.24) is 4.90 Å². The summed E-state index contributed by atoms with van der Waals surface area (Å²) in [5.74, 6) is 0.789. The van der Waals surface area contributed by atoms with Gasteiger partial charge in [0, 0.05) is 13.1 Å². The van der Waals surface area contributed by atoms with Gasteiger partial charge in [-0.15, -0.1) is 0 Å². The van der Waals surface area contributed by atoms with E-state index in [1.54, 1.807) is 0 Å². The van der Waals surface area contributed by atoms with Crippen LogP contribution in [0.1, 0.15) is 36.3 Å². The van der Waals surface area contributed by atoms with Crippen LogP contribution in [-0.4, -0.2) is 23.8 Å². The summed E-state index contributed by atoms with van der Waals surface area (Å²) in [5, 5.41) is 8.74. The Labute approximate surface area is 126 Å². The van der Waals surface area contributed by atoms with Crippen LogP contribution >= 0.6 is 0 Å². The van der Waals surface area contributed by atoms with Crippen molar-refractivity contribution in [3.63, 3.8) is 0 Å². The van der Waals surface area contributed by atoms with Gasteiger partial charge in [0.2, 0.25) is 0 Å². The maximum atomic E-state index is 8.74. The van der Waals surface area contributed by atoms with Crippen LogP contribution in [0.4, 0.5) is 0 Å². The summed E-state index contributed by atoms with van der Waals surface area (Å²) >= 11 is 0. The molecule has 1 saturated heterocycles. The molecule has 0 radical (unpaired) electrons. The second kappa shape index (κ2) is 6.57. The Bertz CT molecular complexity index is 532. The first-order chi connectivity index (χ1) is 10.4. The van der Waals surface area contributed by atoms with Gasteiger partial charge >= 0.3 is 0 Å². The zero-order chi connectivity index (χ0) is 14.5. The first-order valence-corrected chi connectivity index (χ1v) is 7.79. The molecular weight excluding hydrogens is 256 g/mol. The maximum absolute atomic E-state index is 8.74. The molecule has 0 unspecified atom stereocenters. The lowest BCUT2D eigenvalue weighted by Crippen LogP contribution is -2.38. The van der Waals surface area contributed by atoms with Crippen molar-refractivity contribution in [3.8, 4) is 0 Å². The number of piperidine rings is 1. The molecule has 21 heavy (non-hydrogen) atoms. The van der Waals surface area contributed by atoms with Gasteiger partial charge in [-0.25, -0.2) is 0 Å². The van der Waals surface area contributed by atoms with E-state index in [-0.39, 0.29) is 5.92 Å². The molecule has 0 bridgehead atoms. The number of likely N-dealkylation sites (tertiary alicyclic amines) is 1. The molecule has 0 spiro atoms. The molecule has 3 rings (SSSR count). The molecule has 1 aliphatic rings. The first-order valence-electron chi connectivity index (χ1n) is 7.79. The number of hydrogen-bond acceptors (Lipinski definition) is 1. The predicted molar refractivity (Wildman–Crippen MR) is 87.9 cm³/mol. The number of hydrogen-bond donors (Lipinski definition) is 1. The van der Waals surface area contributed by atoms with Gasteiger partial charge in [0.05, 0.1) is 5.92 Å². The van der Waals surface area contributed by atoms with Crippen LogP contribution in [-0.2, 0) is 0 Å². The number of nitrogens with one attached hydrogen (secondary N) is 1. The molecule has 1 N–H and O–H groups in total. The summed E-state index contributed by atoms with van der Waals surface area (Å²) in [7, 11) is 0. The lowest BCUT2D eigenvalue weighted by molar-refractivity contribution is 0.333. The van der Waals surface area contributed by atoms with Crippen LogP contribution in [0.15, 0.2) is 60.7 Å². The van der Waals surface area contributed by atoms with E-state index in [1.165, 1.54) is 30.4 Å². The largest absolute Gasteiger partial charge is 0.360 e. The van der Waals surface area contributed by atoms with Gasteiger partial charge in [0.15, 0.2) is 0 Å². The molecule has 1 aliphatic heterocycles. The van der Waals surface area contributed by atoms with Gasteiger partial charge in [-0.05, 0) is 30.4 Å². The summed E-state index contributed by atoms with van der Waals surface area (Å²) in [6.07, 6.45) is 3.71. The molecule has 108 valence electrons. The summed E-state index contributed by atoms with van der Waals surface area (Å²) in [6, 6.07) is 20.9. The third kappa shape index (κ3) is 3.15. The monoisotopic (exact) mass is 278 g/mol. The molecule has 1 heterocycles. The number of benzene rings is 2. The molecule has 0 atom stereocenters. The fourth-order valence-corrected chi connectivity index (χ4v) is 3.12. The van der Waals surface area contributed by atoms with Crippen molar-refractivity contribution in [2.24, 2.45) is 0 Å². The third-order valence-corrected chi connectivity index (χ3v) is 4.24. The Morgan fingerprint density at radius 2 is 1.24 bits per heavy atom. The van der Waals surface area contributed by atoms with Gasteiger partial charge in [-0.1, -0.05) is 60.7 Å². The maximum Gasteiger partial charge on any atom is 0.108 e. The normalized spacial score (nSPS) is 15.2. The highest BCUT2D eigenvalue weighted by Gasteiger charge is 2.24. The topological polar surface area (TPSA) is 27.1 Å². The van der Waals surface area contributed by atoms with E-state index < -0.39 is 0 Å². The van der Waals surface area contributed by atoms with Gasteiger partial charge in [0.1, 0.15) is 5.84 Å². The fraction of sp³-hybridized carbons (Fsp3) is 0.316. The lowest BCUT2D eigenvalue weighted by atomic mass is 9.89. The Morgan fingerprint density at radius 1 is 0.762 bits per heavy atom. The zero-order valence-corrected chi connectivity index (χ0v) is 12.3. The van der Waals surface area contributed by atoms with Crippen LogP contribution in [0.3, 0.4) is 0 Å². The molecule has 0 aliphatic carbocycles. The molecule has 0 amide bonds. The Kier molecular flexibility index (Phi) is 4.34. The molecule has 1 fully saturated rings. The minimum Gasteiger partial charge on any atom is -0.360 e. The van der Waals surface area contributed by atoms with Crippen molar-refractivity contribution in [2.75, 3.05) is 13.1 Å². The first kappa shape index (κ1) is 13.9. The Balaban J connectivity index is 1.94. The van der Waals surface area contributed by atoms with E-state index >= 15 is 0 Å². The number of rotatable bonds is 3. The zero-order valence-electron chi connectivity index (χ0n) is 12.3. The van der Waals surface area contributed by atoms with E-state index in [9.17, 15) is 0 Å². The van der Waals surface area contributed by atoms with E-state index in [4.69, 9.17) is 5.41 Å². The average molecular weight is 278 g/mol. The summed E-state index contributed by atoms with van der Waals surface area (Å²) in [4.78, 5) is 2.26. The summed E-state index contributed by atoms with van der Waals surface area (Å²) in [5.41, 5.74) is 2.42. The van der Waals surface area contributed by atoms with E-state index in [1.807, 2.05) is 12.1 Å². The van der Waals surface area contributed by atoms with Crippen LogP contribution in [0, 0.1) is 5.41 Å². The van der Waals surface area contributed by atoms with Crippen LogP contribution in [0.5, 0.6) is 0 Å². The molecule has 2 heteroatoms. The van der Waals surface area contributed by atoms with Crippen LogP contribution < -0.4 is 0 Å². The molecule has 2 aromatic rings. The Hall–Kier alpha value is -2.09. The Morgan fingerprint density at radius 3 is 1.71 bits per heavy atom. The summed E-state index contributed by atoms with van der Waals surface area (Å²) < 4.78 is 0. The standard InChI is InChI=1S/C19H22N2/c20-19(21-14-8-3-9-15-21)18(16-10-4-1-5-11-16)17-12-6-2-7-13-17/h1-2,4-7,10-13,18,20H,3,8-9,14-15H2. The number of amidine groups is 1. The van der Waals surface area contributed by atoms with E-state index in [2.05, 4.69) is 53.4 Å². The lowest BCUT2D eigenvalue weighted by Gasteiger charge is -2.33. The van der Waals surface area contributed by atoms with Crippen LogP contribution in [0.2, 0.25) is 0 Å². The fourth-order valence-electron chi connectivity index (χ4n) is 3.12. The molecular formula is C19H22N2. The third-order valence-electron chi connectivity index (χ3n) is 4.24. The average Bonchev–Trinajstić information content (AvgIpc) is 2.58. The van der Waals surface area contributed by atoms with Crippen molar-refractivity contribution in [3.05, 3.63) is 71.8 Å². The SMILES string of the molecule is N=C(C(c1ccccc1)c1ccccc1)N1CCCCC1. The minimum atomic E-state index is 0.0468. The van der Waals surface area contributed by atoms with Crippen molar-refractivity contribution in [1.29, 1.82) is 5.41 Å². The van der Waals surface area contributed by atoms with Crippen molar-refractivity contribution in [2.45, 2.75) is 25.2 Å². The number of nitrogens with zero attached hydrogens (tertiary/aromatic N) is 1. The van der Waals surface area contributed by atoms with E-state index in [0.29, 0.717) is 0 Å². The van der Waals surface area contributed by atoms with Gasteiger partial charge < -0.3 is 4.90 Å². The highest BCUT2D eigenvalue weighted by Crippen LogP contribution is 2.28. The van der Waals surface area contributed by atoms with Gasteiger partial charge in [0.25, 0.3) is 0 Å². The summed E-state index contributed by atoms with van der Waals surface area (Å²) in [6.45, 7) is 2.05. The second-order valence-electron chi connectivity index (χ2n) is 5.69. The van der Waals surface area contributed by atoms with E-state index in [0.717, 1.165) is 18.9 Å². The molecule has 2 nitrogen and oxygen atoms in total. The molecule has 2 aromatic carbocycles. The highest BCUT2D eigenvalue weighted by molar-refractivity contribution is 5.89. The predicted octanol–water partition coefficient (Wildman–Crippen LogP) is 4.28. The smallest absolute Gasteiger partial charge is 0.108 e. The van der Waals surface area contributed by atoms with Gasteiger partial charge in [-0.3, -0.25) is 5.41 Å². The minimum absolute atomic E-state index is 0.0468. The molecule has 0 saturated carbocycles. The quantitative estimate of drug-likeness (QED) is 0.658. The highest BCUT2D eigenvalue weighted by atomic mass is 15.2. The van der Waals surface area contributed by atoms with Crippen molar-refractivity contribution >= 4 is 5.84 Å².